The van der Waals surface area contributed by atoms with Gasteiger partial charge < -0.3 is 5.73 Å². The van der Waals surface area contributed by atoms with E-state index in [9.17, 15) is 0 Å². The van der Waals surface area contributed by atoms with Crippen LogP contribution in [-0.2, 0) is 0 Å². The molecule has 2 saturated carbocycles. The molecule has 2 aliphatic rings. The minimum atomic E-state index is 0.572. The van der Waals surface area contributed by atoms with Crippen LogP contribution in [0.15, 0.2) is 0 Å². The average molecular weight is 195 g/mol. The van der Waals surface area contributed by atoms with Crippen molar-refractivity contribution < 1.29 is 0 Å². The second kappa shape index (κ2) is 4.65. The summed E-state index contributed by atoms with van der Waals surface area (Å²) in [6.45, 7) is 0.944. The first-order valence-corrected chi connectivity index (χ1v) is 6.55. The highest BCUT2D eigenvalue weighted by Crippen LogP contribution is 2.43. The fourth-order valence-electron chi connectivity index (χ4n) is 3.49. The Labute approximate surface area is 88.4 Å². The summed E-state index contributed by atoms with van der Waals surface area (Å²) in [5, 5.41) is 0. The highest BCUT2D eigenvalue weighted by Gasteiger charge is 2.32. The van der Waals surface area contributed by atoms with E-state index in [1.165, 1.54) is 64.2 Å². The van der Waals surface area contributed by atoms with Crippen LogP contribution < -0.4 is 5.73 Å². The molecule has 0 atom stereocenters. The molecule has 82 valence electrons. The standard InChI is InChI=1S/C13H25N/c14-11-13(8-3-4-9-13)10-7-12-5-1-2-6-12/h12H,1-11,14H2. The molecule has 2 fully saturated rings. The van der Waals surface area contributed by atoms with Crippen LogP contribution in [0, 0.1) is 11.3 Å². The Morgan fingerprint density at radius 1 is 1.00 bits per heavy atom. The third-order valence-corrected chi connectivity index (χ3v) is 4.65. The molecule has 0 amide bonds. The third-order valence-electron chi connectivity index (χ3n) is 4.65. The van der Waals surface area contributed by atoms with E-state index in [1.54, 1.807) is 0 Å². The van der Waals surface area contributed by atoms with Crippen LogP contribution in [0.2, 0.25) is 0 Å². The monoisotopic (exact) mass is 195 g/mol. The van der Waals surface area contributed by atoms with Crippen molar-refractivity contribution in [2.45, 2.75) is 64.2 Å². The molecule has 0 aromatic carbocycles. The highest BCUT2D eigenvalue weighted by atomic mass is 14.6. The normalized spacial score (nSPS) is 27.2. The lowest BCUT2D eigenvalue weighted by Gasteiger charge is -2.28. The topological polar surface area (TPSA) is 26.0 Å². The summed E-state index contributed by atoms with van der Waals surface area (Å²) < 4.78 is 0. The van der Waals surface area contributed by atoms with E-state index in [0.717, 1.165) is 12.5 Å². The first kappa shape index (κ1) is 10.5. The molecule has 14 heavy (non-hydrogen) atoms. The van der Waals surface area contributed by atoms with Gasteiger partial charge in [0.1, 0.15) is 0 Å². The molecule has 0 saturated heterocycles. The van der Waals surface area contributed by atoms with Crippen molar-refractivity contribution in [3.8, 4) is 0 Å². The van der Waals surface area contributed by atoms with Gasteiger partial charge >= 0.3 is 0 Å². The summed E-state index contributed by atoms with van der Waals surface area (Å²) in [5.41, 5.74) is 6.53. The van der Waals surface area contributed by atoms with Crippen LogP contribution in [-0.4, -0.2) is 6.54 Å². The molecule has 1 heteroatoms. The van der Waals surface area contributed by atoms with E-state index in [4.69, 9.17) is 5.73 Å². The number of hydrogen-bond acceptors (Lipinski definition) is 1. The number of rotatable bonds is 4. The maximum Gasteiger partial charge on any atom is -0.00205 e. The molecule has 0 radical (unpaired) electrons. The molecule has 0 unspecified atom stereocenters. The van der Waals surface area contributed by atoms with Gasteiger partial charge in [-0.05, 0) is 43.6 Å². The van der Waals surface area contributed by atoms with Crippen molar-refractivity contribution >= 4 is 0 Å². The minimum Gasteiger partial charge on any atom is -0.330 e. The first-order chi connectivity index (χ1) is 6.85. The Bertz CT molecular complexity index is 164. The lowest BCUT2D eigenvalue weighted by Crippen LogP contribution is -2.27. The summed E-state index contributed by atoms with van der Waals surface area (Å²) in [5.74, 6) is 1.05. The maximum atomic E-state index is 5.95. The van der Waals surface area contributed by atoms with Crippen molar-refractivity contribution in [3.63, 3.8) is 0 Å². The van der Waals surface area contributed by atoms with E-state index in [1.807, 2.05) is 0 Å². The van der Waals surface area contributed by atoms with E-state index in [0.29, 0.717) is 5.41 Å². The fourth-order valence-corrected chi connectivity index (χ4v) is 3.49. The van der Waals surface area contributed by atoms with Gasteiger partial charge in [-0.1, -0.05) is 38.5 Å². The van der Waals surface area contributed by atoms with Crippen molar-refractivity contribution in [3.05, 3.63) is 0 Å². The van der Waals surface area contributed by atoms with Crippen LogP contribution in [0.4, 0.5) is 0 Å². The van der Waals surface area contributed by atoms with Gasteiger partial charge in [-0.25, -0.2) is 0 Å². The van der Waals surface area contributed by atoms with Crippen LogP contribution in [0.3, 0.4) is 0 Å². The van der Waals surface area contributed by atoms with Crippen molar-refractivity contribution in [2.24, 2.45) is 17.1 Å². The molecular weight excluding hydrogens is 170 g/mol. The molecule has 2 N–H and O–H groups in total. The Morgan fingerprint density at radius 3 is 2.21 bits per heavy atom. The van der Waals surface area contributed by atoms with Crippen molar-refractivity contribution in [2.75, 3.05) is 6.54 Å². The highest BCUT2D eigenvalue weighted by molar-refractivity contribution is 4.86. The fraction of sp³-hybridized carbons (Fsp3) is 1.00. The predicted octanol–water partition coefficient (Wildman–Crippen LogP) is 3.48. The van der Waals surface area contributed by atoms with Gasteiger partial charge in [0.15, 0.2) is 0 Å². The van der Waals surface area contributed by atoms with E-state index < -0.39 is 0 Å². The summed E-state index contributed by atoms with van der Waals surface area (Å²) in [6, 6.07) is 0. The van der Waals surface area contributed by atoms with Gasteiger partial charge in [-0.3, -0.25) is 0 Å². The Hall–Kier alpha value is -0.0400. The van der Waals surface area contributed by atoms with Gasteiger partial charge in [0.05, 0.1) is 0 Å². The SMILES string of the molecule is NCC1(CCC2CCCC2)CCCC1. The summed E-state index contributed by atoms with van der Waals surface area (Å²) >= 11 is 0. The van der Waals surface area contributed by atoms with Crippen molar-refractivity contribution in [1.82, 2.24) is 0 Å². The number of hydrogen-bond donors (Lipinski definition) is 1. The molecule has 0 heterocycles. The number of nitrogens with two attached hydrogens (primary N) is 1. The van der Waals surface area contributed by atoms with Gasteiger partial charge in [0.2, 0.25) is 0 Å². The molecule has 0 aliphatic heterocycles. The van der Waals surface area contributed by atoms with Crippen molar-refractivity contribution in [1.29, 1.82) is 0 Å². The molecule has 2 aliphatic carbocycles. The molecule has 0 bridgehead atoms. The second-order valence-corrected chi connectivity index (χ2v) is 5.60. The smallest absolute Gasteiger partial charge is 0.00205 e. The summed E-state index contributed by atoms with van der Waals surface area (Å²) in [7, 11) is 0. The zero-order valence-electron chi connectivity index (χ0n) is 9.43. The zero-order valence-corrected chi connectivity index (χ0v) is 9.43. The molecular formula is C13H25N. The molecule has 0 spiro atoms. The van der Waals surface area contributed by atoms with E-state index in [-0.39, 0.29) is 0 Å². The summed E-state index contributed by atoms with van der Waals surface area (Å²) in [6.07, 6.45) is 14.6. The Balaban J connectivity index is 1.76. The molecule has 0 aromatic rings. The average Bonchev–Trinajstić information content (AvgIpc) is 2.87. The van der Waals surface area contributed by atoms with Gasteiger partial charge in [-0.2, -0.15) is 0 Å². The van der Waals surface area contributed by atoms with Gasteiger partial charge in [-0.15, -0.1) is 0 Å². The second-order valence-electron chi connectivity index (χ2n) is 5.60. The van der Waals surface area contributed by atoms with Crippen LogP contribution in [0.1, 0.15) is 64.2 Å². The first-order valence-electron chi connectivity index (χ1n) is 6.55. The quantitative estimate of drug-likeness (QED) is 0.730. The van der Waals surface area contributed by atoms with Crippen LogP contribution >= 0.6 is 0 Å². The maximum absolute atomic E-state index is 5.95. The molecule has 2 rings (SSSR count). The van der Waals surface area contributed by atoms with Gasteiger partial charge in [0, 0.05) is 0 Å². The predicted molar refractivity (Wildman–Crippen MR) is 61.1 cm³/mol. The molecule has 1 nitrogen and oxygen atoms in total. The molecule has 0 aromatic heterocycles. The van der Waals surface area contributed by atoms with E-state index >= 15 is 0 Å². The largest absolute Gasteiger partial charge is 0.330 e. The summed E-state index contributed by atoms with van der Waals surface area (Å²) in [4.78, 5) is 0. The van der Waals surface area contributed by atoms with Gasteiger partial charge in [0.25, 0.3) is 0 Å². The van der Waals surface area contributed by atoms with E-state index in [2.05, 4.69) is 0 Å². The van der Waals surface area contributed by atoms with Crippen LogP contribution in [0.25, 0.3) is 0 Å². The Morgan fingerprint density at radius 2 is 1.64 bits per heavy atom. The third kappa shape index (κ3) is 2.31. The minimum absolute atomic E-state index is 0.572. The lowest BCUT2D eigenvalue weighted by atomic mass is 9.79. The Kier molecular flexibility index (Phi) is 3.48. The lowest BCUT2D eigenvalue weighted by molar-refractivity contribution is 0.253. The zero-order chi connectivity index (χ0) is 9.86. The van der Waals surface area contributed by atoms with Crippen LogP contribution in [0.5, 0.6) is 0 Å².